The zero-order valence-corrected chi connectivity index (χ0v) is 11.3. The molecule has 0 fully saturated rings. The molecule has 1 N–H and O–H groups in total. The lowest BCUT2D eigenvalue weighted by Crippen LogP contribution is -2.16. The van der Waals surface area contributed by atoms with Crippen LogP contribution in [-0.4, -0.2) is 15.9 Å². The molecule has 1 amide bonds. The molecule has 0 aliphatic heterocycles. The van der Waals surface area contributed by atoms with E-state index in [0.717, 1.165) is 6.07 Å². The van der Waals surface area contributed by atoms with E-state index in [1.54, 1.807) is 6.92 Å². The van der Waals surface area contributed by atoms with Gasteiger partial charge in [0.15, 0.2) is 0 Å². The molecular weight excluding hydrogens is 292 g/mol. The summed E-state index contributed by atoms with van der Waals surface area (Å²) >= 11 is 11.5. The monoisotopic (exact) mass is 299 g/mol. The molecule has 0 aliphatic rings. The summed E-state index contributed by atoms with van der Waals surface area (Å²) < 4.78 is 13.6. The van der Waals surface area contributed by atoms with Crippen molar-refractivity contribution in [3.05, 3.63) is 51.5 Å². The number of amides is 1. The number of aromatic nitrogens is 2. The third-order valence-corrected chi connectivity index (χ3v) is 2.75. The molecule has 19 heavy (non-hydrogen) atoms. The first-order valence-electron chi connectivity index (χ1n) is 5.24. The van der Waals surface area contributed by atoms with Crippen molar-refractivity contribution in [2.24, 2.45) is 0 Å². The van der Waals surface area contributed by atoms with Gasteiger partial charge < -0.3 is 0 Å². The second-order valence-corrected chi connectivity index (χ2v) is 4.50. The van der Waals surface area contributed by atoms with Gasteiger partial charge in [0.1, 0.15) is 11.0 Å². The molecule has 1 aromatic heterocycles. The maximum atomic E-state index is 13.6. The van der Waals surface area contributed by atoms with Crippen LogP contribution in [0.15, 0.2) is 24.3 Å². The largest absolute Gasteiger partial charge is 0.290 e. The van der Waals surface area contributed by atoms with Crippen molar-refractivity contribution >= 4 is 35.1 Å². The second kappa shape index (κ2) is 5.50. The first-order chi connectivity index (χ1) is 8.97. The van der Waals surface area contributed by atoms with E-state index >= 15 is 0 Å². The second-order valence-electron chi connectivity index (χ2n) is 3.71. The van der Waals surface area contributed by atoms with Crippen molar-refractivity contribution in [3.63, 3.8) is 0 Å². The summed E-state index contributed by atoms with van der Waals surface area (Å²) in [6, 6.07) is 5.51. The summed E-state index contributed by atoms with van der Waals surface area (Å²) in [7, 11) is 0. The quantitative estimate of drug-likeness (QED) is 0.864. The highest BCUT2D eigenvalue weighted by Gasteiger charge is 2.17. The van der Waals surface area contributed by atoms with Crippen LogP contribution in [-0.2, 0) is 0 Å². The van der Waals surface area contributed by atoms with E-state index in [-0.39, 0.29) is 21.7 Å². The van der Waals surface area contributed by atoms with Crippen LogP contribution in [0.25, 0.3) is 0 Å². The number of aryl methyl sites for hydroxylation is 1. The number of nitrogens with zero attached hydrogens (tertiary/aromatic N) is 2. The Hall–Kier alpha value is -1.72. The minimum absolute atomic E-state index is 0.00526. The van der Waals surface area contributed by atoms with E-state index in [0.29, 0.717) is 5.69 Å². The molecule has 0 saturated carbocycles. The average molecular weight is 300 g/mol. The Balaban J connectivity index is 2.31. The number of hydrogen-bond donors (Lipinski definition) is 1. The fourth-order valence-electron chi connectivity index (χ4n) is 1.46. The highest BCUT2D eigenvalue weighted by atomic mass is 35.5. The molecule has 0 radical (unpaired) electrons. The van der Waals surface area contributed by atoms with E-state index in [1.807, 2.05) is 0 Å². The Morgan fingerprint density at radius 2 is 2.05 bits per heavy atom. The number of rotatable bonds is 2. The minimum Gasteiger partial charge on any atom is -0.290 e. The maximum absolute atomic E-state index is 13.6. The molecule has 0 saturated heterocycles. The van der Waals surface area contributed by atoms with Crippen LogP contribution in [0.5, 0.6) is 0 Å². The molecule has 0 unspecified atom stereocenters. The molecule has 2 aromatic rings. The van der Waals surface area contributed by atoms with Gasteiger partial charge in [-0.1, -0.05) is 29.3 Å². The van der Waals surface area contributed by atoms with Crippen molar-refractivity contribution in [1.82, 2.24) is 9.97 Å². The third kappa shape index (κ3) is 3.19. The van der Waals surface area contributed by atoms with Crippen LogP contribution in [0.4, 0.5) is 10.3 Å². The summed E-state index contributed by atoms with van der Waals surface area (Å²) in [6.07, 6.45) is 0. The summed E-state index contributed by atoms with van der Waals surface area (Å²) in [5.41, 5.74) is 0.320. The molecule has 7 heteroatoms. The number of carbonyl (C=O) groups excluding carboxylic acids is 1. The number of halogens is 3. The molecule has 0 aliphatic carbocycles. The summed E-state index contributed by atoms with van der Waals surface area (Å²) in [4.78, 5) is 19.7. The Bertz CT molecular complexity index is 608. The van der Waals surface area contributed by atoms with Crippen molar-refractivity contribution in [2.45, 2.75) is 6.92 Å². The van der Waals surface area contributed by atoms with Crippen LogP contribution in [0, 0.1) is 12.7 Å². The van der Waals surface area contributed by atoms with Crippen molar-refractivity contribution in [2.75, 3.05) is 5.32 Å². The number of nitrogens with one attached hydrogen (secondary N) is 1. The van der Waals surface area contributed by atoms with E-state index in [1.165, 1.54) is 18.2 Å². The van der Waals surface area contributed by atoms with Gasteiger partial charge in [-0.3, -0.25) is 10.1 Å². The predicted molar refractivity (Wildman–Crippen MR) is 71.1 cm³/mol. The smallest absolute Gasteiger partial charge is 0.262 e. The van der Waals surface area contributed by atoms with Crippen LogP contribution < -0.4 is 5.32 Å². The zero-order valence-electron chi connectivity index (χ0n) is 9.75. The zero-order chi connectivity index (χ0) is 14.0. The van der Waals surface area contributed by atoms with Gasteiger partial charge in [0.2, 0.25) is 5.95 Å². The van der Waals surface area contributed by atoms with Crippen molar-refractivity contribution in [3.8, 4) is 0 Å². The van der Waals surface area contributed by atoms with E-state index < -0.39 is 11.7 Å². The third-order valence-electron chi connectivity index (χ3n) is 2.24. The van der Waals surface area contributed by atoms with Gasteiger partial charge in [-0.05, 0) is 25.1 Å². The normalized spacial score (nSPS) is 10.3. The topological polar surface area (TPSA) is 54.9 Å². The predicted octanol–water partition coefficient (Wildman–Crippen LogP) is 3.48. The Morgan fingerprint density at radius 1 is 1.32 bits per heavy atom. The standard InChI is InChI=1S/C12H8Cl2FN3O/c1-6-5-9(14)17-12(16-6)18-11(19)10-7(13)3-2-4-8(10)15/h2-5H,1H3,(H,16,17,18,19). The number of carbonyl (C=O) groups is 1. The Labute approximate surface area is 118 Å². The fourth-order valence-corrected chi connectivity index (χ4v) is 1.95. The fraction of sp³-hybridized carbons (Fsp3) is 0.0833. The van der Waals surface area contributed by atoms with Gasteiger partial charge in [0.05, 0.1) is 10.6 Å². The minimum atomic E-state index is -0.732. The average Bonchev–Trinajstić information content (AvgIpc) is 2.26. The molecule has 1 aromatic carbocycles. The number of benzene rings is 1. The molecular formula is C12H8Cl2FN3O. The van der Waals surface area contributed by atoms with Gasteiger partial charge in [-0.15, -0.1) is 0 Å². The van der Waals surface area contributed by atoms with Gasteiger partial charge >= 0.3 is 0 Å². The SMILES string of the molecule is Cc1cc(Cl)nc(NC(=O)c2c(F)cccc2Cl)n1. The lowest BCUT2D eigenvalue weighted by molar-refractivity contribution is 0.102. The van der Waals surface area contributed by atoms with Gasteiger partial charge in [0.25, 0.3) is 5.91 Å². The highest BCUT2D eigenvalue weighted by molar-refractivity contribution is 6.34. The van der Waals surface area contributed by atoms with Crippen molar-refractivity contribution < 1.29 is 9.18 Å². The molecule has 0 atom stereocenters. The molecule has 0 spiro atoms. The summed E-state index contributed by atoms with van der Waals surface area (Å²) in [5.74, 6) is -1.46. The Kier molecular flexibility index (Phi) is 3.97. The highest BCUT2D eigenvalue weighted by Crippen LogP contribution is 2.20. The molecule has 98 valence electrons. The summed E-state index contributed by atoms with van der Waals surface area (Å²) in [5, 5.41) is 2.54. The molecule has 2 rings (SSSR count). The number of hydrogen-bond acceptors (Lipinski definition) is 3. The van der Waals surface area contributed by atoms with Gasteiger partial charge in [-0.2, -0.15) is 0 Å². The van der Waals surface area contributed by atoms with Crippen LogP contribution >= 0.6 is 23.2 Å². The first kappa shape index (κ1) is 13.7. The summed E-state index contributed by atoms with van der Waals surface area (Å²) in [6.45, 7) is 1.69. The van der Waals surface area contributed by atoms with Crippen LogP contribution in [0.3, 0.4) is 0 Å². The van der Waals surface area contributed by atoms with E-state index in [4.69, 9.17) is 23.2 Å². The van der Waals surface area contributed by atoms with E-state index in [9.17, 15) is 9.18 Å². The Morgan fingerprint density at radius 3 is 2.68 bits per heavy atom. The van der Waals surface area contributed by atoms with Gasteiger partial charge in [0, 0.05) is 5.69 Å². The molecule has 0 bridgehead atoms. The maximum Gasteiger partial charge on any atom is 0.262 e. The number of anilines is 1. The van der Waals surface area contributed by atoms with Crippen LogP contribution in [0.1, 0.15) is 16.1 Å². The first-order valence-corrected chi connectivity index (χ1v) is 5.99. The van der Waals surface area contributed by atoms with E-state index in [2.05, 4.69) is 15.3 Å². The molecule has 4 nitrogen and oxygen atoms in total. The van der Waals surface area contributed by atoms with Gasteiger partial charge in [-0.25, -0.2) is 14.4 Å². The lowest BCUT2D eigenvalue weighted by atomic mass is 10.2. The van der Waals surface area contributed by atoms with Crippen molar-refractivity contribution in [1.29, 1.82) is 0 Å². The van der Waals surface area contributed by atoms with Crippen LogP contribution in [0.2, 0.25) is 10.2 Å². The lowest BCUT2D eigenvalue weighted by Gasteiger charge is -2.07. The molecule has 1 heterocycles.